The van der Waals surface area contributed by atoms with Gasteiger partial charge in [0.25, 0.3) is 0 Å². The van der Waals surface area contributed by atoms with Crippen molar-refractivity contribution in [1.82, 2.24) is 15.0 Å². The molecule has 0 fully saturated rings. The smallest absolute Gasteiger partial charge is 0.159 e. The maximum absolute atomic E-state index is 13.1. The molecule has 2 rings (SSSR count). The zero-order chi connectivity index (χ0) is 12.4. The van der Waals surface area contributed by atoms with Gasteiger partial charge in [-0.1, -0.05) is 10.6 Å². The molecule has 0 radical (unpaired) electrons. The van der Waals surface area contributed by atoms with Crippen LogP contribution in [0.15, 0.2) is 18.2 Å². The third kappa shape index (κ3) is 2.31. The van der Waals surface area contributed by atoms with Gasteiger partial charge in [-0.2, -0.15) is 0 Å². The number of hydrogen-bond donors (Lipinski definition) is 2. The van der Waals surface area contributed by atoms with Gasteiger partial charge >= 0.3 is 0 Å². The Kier molecular flexibility index (Phi) is 3.41. The second-order valence-corrected chi connectivity index (χ2v) is 4.28. The van der Waals surface area contributed by atoms with Crippen LogP contribution in [-0.4, -0.2) is 9.59 Å². The van der Waals surface area contributed by atoms with Gasteiger partial charge in [0, 0.05) is 0 Å². The zero-order valence-electron chi connectivity index (χ0n) is 8.95. The predicted octanol–water partition coefficient (Wildman–Crippen LogP) is 1.68. The van der Waals surface area contributed by atoms with Gasteiger partial charge in [0.2, 0.25) is 0 Å². The lowest BCUT2D eigenvalue weighted by Crippen LogP contribution is -2.28. The lowest BCUT2D eigenvalue weighted by atomic mass is 10.0. The number of halogens is 2. The molecule has 0 aliphatic carbocycles. The van der Waals surface area contributed by atoms with E-state index in [1.54, 1.807) is 6.92 Å². The van der Waals surface area contributed by atoms with E-state index < -0.39 is 17.7 Å². The summed E-state index contributed by atoms with van der Waals surface area (Å²) in [4.78, 5) is 0.776. The molecule has 1 atom stereocenters. The Balaban J connectivity index is 2.42. The van der Waals surface area contributed by atoms with E-state index in [1.165, 1.54) is 17.6 Å². The van der Waals surface area contributed by atoms with Crippen LogP contribution in [0.4, 0.5) is 8.78 Å². The molecule has 3 N–H and O–H groups in total. The number of hydrazine groups is 1. The molecule has 0 bridgehead atoms. The molecule has 4 nitrogen and oxygen atoms in total. The number of nitrogens with one attached hydrogen (secondary N) is 1. The Bertz CT molecular complexity index is 529. The van der Waals surface area contributed by atoms with E-state index in [4.69, 9.17) is 5.84 Å². The first-order valence-electron chi connectivity index (χ1n) is 4.83. The minimum atomic E-state index is -0.905. The van der Waals surface area contributed by atoms with Gasteiger partial charge < -0.3 is 0 Å². The van der Waals surface area contributed by atoms with Crippen molar-refractivity contribution in [2.75, 3.05) is 0 Å². The Morgan fingerprint density at radius 2 is 2.12 bits per heavy atom. The van der Waals surface area contributed by atoms with E-state index in [0.29, 0.717) is 11.3 Å². The van der Waals surface area contributed by atoms with Crippen molar-refractivity contribution in [2.24, 2.45) is 5.84 Å². The summed E-state index contributed by atoms with van der Waals surface area (Å²) in [6, 6.07) is 3.21. The standard InChI is InChI=1S/C10H10F2N4S/c1-5-10(17-16-15-5)9(14-13)6-2-3-7(11)8(12)4-6/h2-4,9,14H,13H2,1H3. The highest BCUT2D eigenvalue weighted by atomic mass is 32.1. The lowest BCUT2D eigenvalue weighted by molar-refractivity contribution is 0.504. The van der Waals surface area contributed by atoms with Crippen LogP contribution >= 0.6 is 11.5 Å². The molecule has 1 unspecified atom stereocenters. The minimum absolute atomic E-state index is 0.440. The summed E-state index contributed by atoms with van der Waals surface area (Å²) in [5.74, 6) is 3.65. The van der Waals surface area contributed by atoms with Crippen LogP contribution in [0.2, 0.25) is 0 Å². The number of benzene rings is 1. The van der Waals surface area contributed by atoms with Crippen LogP contribution in [0.25, 0.3) is 0 Å². The fourth-order valence-electron chi connectivity index (χ4n) is 1.52. The molecule has 1 heterocycles. The topological polar surface area (TPSA) is 63.8 Å². The van der Waals surface area contributed by atoms with Crippen molar-refractivity contribution in [3.63, 3.8) is 0 Å². The van der Waals surface area contributed by atoms with E-state index in [2.05, 4.69) is 15.0 Å². The third-order valence-corrected chi connectivity index (χ3v) is 3.28. The van der Waals surface area contributed by atoms with Gasteiger partial charge in [0.1, 0.15) is 0 Å². The third-order valence-electron chi connectivity index (χ3n) is 2.39. The highest BCUT2D eigenvalue weighted by molar-refractivity contribution is 7.05. The summed E-state index contributed by atoms with van der Waals surface area (Å²) in [5, 5.41) is 3.86. The number of aryl methyl sites for hydroxylation is 1. The van der Waals surface area contributed by atoms with Gasteiger partial charge in [-0.05, 0) is 36.2 Å². The molecular weight excluding hydrogens is 246 g/mol. The van der Waals surface area contributed by atoms with E-state index >= 15 is 0 Å². The SMILES string of the molecule is Cc1nnsc1C(NN)c1ccc(F)c(F)c1. The summed E-state index contributed by atoms with van der Waals surface area (Å²) < 4.78 is 29.8. The van der Waals surface area contributed by atoms with Gasteiger partial charge in [-0.25, -0.2) is 14.2 Å². The lowest BCUT2D eigenvalue weighted by Gasteiger charge is -2.14. The van der Waals surface area contributed by atoms with Crippen LogP contribution in [-0.2, 0) is 0 Å². The van der Waals surface area contributed by atoms with Crippen LogP contribution in [0.3, 0.4) is 0 Å². The first-order chi connectivity index (χ1) is 8.13. The molecule has 0 saturated carbocycles. The molecule has 1 aromatic carbocycles. The molecule has 0 aliphatic rings. The second-order valence-electron chi connectivity index (χ2n) is 3.50. The van der Waals surface area contributed by atoms with Gasteiger partial charge in [-0.3, -0.25) is 5.84 Å². The first kappa shape index (κ1) is 12.0. The van der Waals surface area contributed by atoms with Crippen molar-refractivity contribution in [2.45, 2.75) is 13.0 Å². The van der Waals surface area contributed by atoms with Crippen molar-refractivity contribution in [3.05, 3.63) is 46.0 Å². The van der Waals surface area contributed by atoms with Crippen molar-refractivity contribution in [1.29, 1.82) is 0 Å². The predicted molar refractivity (Wildman–Crippen MR) is 60.2 cm³/mol. The average molecular weight is 256 g/mol. The molecule has 0 amide bonds. The molecule has 2 aromatic rings. The summed E-state index contributed by atoms with van der Waals surface area (Å²) in [6.07, 6.45) is 0. The van der Waals surface area contributed by atoms with Gasteiger partial charge in [-0.15, -0.1) is 5.10 Å². The number of rotatable bonds is 3. The summed E-state index contributed by atoms with van der Waals surface area (Å²) >= 11 is 1.17. The summed E-state index contributed by atoms with van der Waals surface area (Å²) in [5.41, 5.74) is 3.79. The van der Waals surface area contributed by atoms with Gasteiger partial charge in [0.15, 0.2) is 11.6 Å². The molecule has 7 heteroatoms. The summed E-state index contributed by atoms with van der Waals surface area (Å²) in [6.45, 7) is 1.78. The Morgan fingerprint density at radius 1 is 1.35 bits per heavy atom. The first-order valence-corrected chi connectivity index (χ1v) is 5.60. The summed E-state index contributed by atoms with van der Waals surface area (Å²) in [7, 11) is 0. The highest BCUT2D eigenvalue weighted by Crippen LogP contribution is 2.26. The van der Waals surface area contributed by atoms with Gasteiger partial charge in [0.05, 0.1) is 16.6 Å². The Morgan fingerprint density at radius 3 is 2.65 bits per heavy atom. The number of aromatic nitrogens is 2. The molecule has 0 aliphatic heterocycles. The largest absolute Gasteiger partial charge is 0.271 e. The van der Waals surface area contributed by atoms with Crippen LogP contribution < -0.4 is 11.3 Å². The Labute approximate surface area is 101 Å². The Hall–Kier alpha value is -1.44. The van der Waals surface area contributed by atoms with E-state index in [9.17, 15) is 8.78 Å². The van der Waals surface area contributed by atoms with Crippen LogP contribution in [0.5, 0.6) is 0 Å². The maximum Gasteiger partial charge on any atom is 0.159 e. The number of nitrogens with zero attached hydrogens (tertiary/aromatic N) is 2. The van der Waals surface area contributed by atoms with Crippen LogP contribution in [0, 0.1) is 18.6 Å². The highest BCUT2D eigenvalue weighted by Gasteiger charge is 2.19. The minimum Gasteiger partial charge on any atom is -0.271 e. The van der Waals surface area contributed by atoms with Crippen molar-refractivity contribution < 1.29 is 8.78 Å². The fourth-order valence-corrected chi connectivity index (χ4v) is 2.25. The monoisotopic (exact) mass is 256 g/mol. The number of nitrogens with two attached hydrogens (primary N) is 1. The molecule has 1 aromatic heterocycles. The van der Waals surface area contributed by atoms with Crippen LogP contribution in [0.1, 0.15) is 22.2 Å². The second kappa shape index (κ2) is 4.82. The molecule has 0 saturated heterocycles. The molecule has 0 spiro atoms. The molecule has 90 valence electrons. The maximum atomic E-state index is 13.1. The quantitative estimate of drug-likeness (QED) is 0.648. The molecule has 17 heavy (non-hydrogen) atoms. The van der Waals surface area contributed by atoms with E-state index in [-0.39, 0.29) is 0 Å². The van der Waals surface area contributed by atoms with E-state index in [1.807, 2.05) is 0 Å². The van der Waals surface area contributed by atoms with E-state index in [0.717, 1.165) is 17.0 Å². The normalized spacial score (nSPS) is 12.7. The van der Waals surface area contributed by atoms with Crippen molar-refractivity contribution >= 4 is 11.5 Å². The zero-order valence-corrected chi connectivity index (χ0v) is 9.76. The molecular formula is C10H10F2N4S. The fraction of sp³-hybridized carbons (Fsp3) is 0.200. The average Bonchev–Trinajstić information content (AvgIpc) is 2.71. The van der Waals surface area contributed by atoms with Crippen molar-refractivity contribution in [3.8, 4) is 0 Å². The number of hydrogen-bond acceptors (Lipinski definition) is 5.